The van der Waals surface area contributed by atoms with Gasteiger partial charge in [-0.3, -0.25) is 0 Å². The fourth-order valence-corrected chi connectivity index (χ4v) is 6.89. The summed E-state index contributed by atoms with van der Waals surface area (Å²) in [6.07, 6.45) is 3.06. The van der Waals surface area contributed by atoms with Crippen LogP contribution in [0.1, 0.15) is 61.8 Å². The molecule has 0 bridgehead atoms. The van der Waals surface area contributed by atoms with E-state index in [0.29, 0.717) is 5.92 Å². The first-order valence-corrected chi connectivity index (χ1v) is 14.8. The number of fused-ring (bicyclic) bond motifs is 6. The summed E-state index contributed by atoms with van der Waals surface area (Å²) >= 11 is 0. The largest absolute Gasteiger partial charge is 0.455 e. The Morgan fingerprint density at radius 1 is 0.732 bits per heavy atom. The molecule has 7 rings (SSSR count). The zero-order chi connectivity index (χ0) is 28.1. The van der Waals surface area contributed by atoms with Gasteiger partial charge in [-0.15, -0.1) is 6.58 Å². The molecule has 0 aliphatic heterocycles. The third kappa shape index (κ3) is 4.41. The molecule has 1 aliphatic carbocycles. The van der Waals surface area contributed by atoms with Crippen LogP contribution in [0.4, 0.5) is 0 Å². The van der Waals surface area contributed by atoms with E-state index in [0.717, 1.165) is 30.4 Å². The van der Waals surface area contributed by atoms with Crippen molar-refractivity contribution in [1.82, 2.24) is 0 Å². The van der Waals surface area contributed by atoms with Crippen molar-refractivity contribution in [2.45, 2.75) is 51.4 Å². The molecule has 0 radical (unpaired) electrons. The molecule has 1 heteroatoms. The standard InChI is InChI=1S/C40H36O/c1-26(2)18-20-29(22-27-19-21-32-31-14-8-10-16-36(31)40(3,4)37(32)23-27)30-24-34(28-12-6-5-7-13-28)39-35(25-30)33-15-9-11-17-38(33)41-39/h5-17,19,21,23-25,29H,1,18,20,22H2,2-4H3. The molecular formula is C40H36O. The highest BCUT2D eigenvalue weighted by Gasteiger charge is 2.35. The van der Waals surface area contributed by atoms with Crippen LogP contribution in [0.5, 0.6) is 0 Å². The van der Waals surface area contributed by atoms with Crippen molar-refractivity contribution in [3.8, 4) is 22.3 Å². The minimum Gasteiger partial charge on any atom is -0.455 e. The van der Waals surface area contributed by atoms with Gasteiger partial charge in [0.1, 0.15) is 11.2 Å². The molecule has 41 heavy (non-hydrogen) atoms. The highest BCUT2D eigenvalue weighted by molar-refractivity contribution is 6.10. The third-order valence-electron chi connectivity index (χ3n) is 9.11. The Bertz CT molecular complexity index is 1920. The summed E-state index contributed by atoms with van der Waals surface area (Å²) in [6, 6.07) is 40.0. The van der Waals surface area contributed by atoms with Crippen molar-refractivity contribution in [2.75, 3.05) is 0 Å². The molecule has 0 saturated heterocycles. The molecule has 1 aromatic heterocycles. The maximum Gasteiger partial charge on any atom is 0.143 e. The van der Waals surface area contributed by atoms with E-state index in [9.17, 15) is 0 Å². The monoisotopic (exact) mass is 532 g/mol. The smallest absolute Gasteiger partial charge is 0.143 e. The maximum absolute atomic E-state index is 6.48. The SMILES string of the molecule is C=C(C)CCC(Cc1ccc2c(c1)C(C)(C)c1ccccc1-2)c1cc(-c2ccccc2)c2oc3ccccc3c2c1. The zero-order valence-electron chi connectivity index (χ0n) is 24.2. The van der Waals surface area contributed by atoms with Crippen LogP contribution in [0, 0.1) is 0 Å². The van der Waals surface area contributed by atoms with Gasteiger partial charge < -0.3 is 4.42 Å². The van der Waals surface area contributed by atoms with Crippen LogP contribution in [0.25, 0.3) is 44.2 Å². The Kier molecular flexibility index (Phi) is 6.20. The van der Waals surface area contributed by atoms with Crippen molar-refractivity contribution in [1.29, 1.82) is 0 Å². The van der Waals surface area contributed by atoms with Crippen LogP contribution in [0.2, 0.25) is 0 Å². The lowest BCUT2D eigenvalue weighted by Gasteiger charge is -2.23. The summed E-state index contributed by atoms with van der Waals surface area (Å²) < 4.78 is 6.48. The Morgan fingerprint density at radius 3 is 2.29 bits per heavy atom. The van der Waals surface area contributed by atoms with E-state index < -0.39 is 0 Å². The number of benzene rings is 5. The number of rotatable bonds is 7. The first kappa shape index (κ1) is 25.6. The van der Waals surface area contributed by atoms with E-state index in [1.165, 1.54) is 60.9 Å². The first-order valence-electron chi connectivity index (χ1n) is 14.8. The number of allylic oxidation sites excluding steroid dienone is 1. The molecule has 0 saturated carbocycles. The minimum atomic E-state index is 0.00420. The van der Waals surface area contributed by atoms with Gasteiger partial charge in [-0.1, -0.05) is 110 Å². The number of hydrogen-bond acceptors (Lipinski definition) is 1. The molecule has 202 valence electrons. The Labute approximate surface area is 243 Å². The number of furan rings is 1. The molecule has 0 spiro atoms. The summed E-state index contributed by atoms with van der Waals surface area (Å²) in [4.78, 5) is 0. The zero-order valence-corrected chi connectivity index (χ0v) is 24.2. The fraction of sp³-hybridized carbons (Fsp3) is 0.200. The Balaban J connectivity index is 1.35. The Morgan fingerprint density at radius 2 is 1.46 bits per heavy atom. The second-order valence-corrected chi connectivity index (χ2v) is 12.4. The molecule has 1 aliphatic rings. The molecule has 1 nitrogen and oxygen atoms in total. The lowest BCUT2D eigenvalue weighted by Crippen LogP contribution is -2.15. The lowest BCUT2D eigenvalue weighted by atomic mass is 9.80. The fourth-order valence-electron chi connectivity index (χ4n) is 6.89. The molecule has 1 atom stereocenters. The van der Waals surface area contributed by atoms with Crippen LogP contribution < -0.4 is 0 Å². The van der Waals surface area contributed by atoms with Crippen molar-refractivity contribution >= 4 is 21.9 Å². The average molecular weight is 533 g/mol. The summed E-state index contributed by atoms with van der Waals surface area (Å²) in [7, 11) is 0. The first-order chi connectivity index (χ1) is 19.9. The summed E-state index contributed by atoms with van der Waals surface area (Å²) in [5.74, 6) is 0.358. The van der Waals surface area contributed by atoms with Gasteiger partial charge in [0.15, 0.2) is 0 Å². The molecule has 0 N–H and O–H groups in total. The summed E-state index contributed by atoms with van der Waals surface area (Å²) in [5, 5.41) is 2.38. The molecule has 5 aromatic carbocycles. The quantitative estimate of drug-likeness (QED) is 0.186. The summed E-state index contributed by atoms with van der Waals surface area (Å²) in [6.45, 7) is 11.1. The van der Waals surface area contributed by atoms with E-state index in [1.54, 1.807) is 0 Å². The third-order valence-corrected chi connectivity index (χ3v) is 9.11. The van der Waals surface area contributed by atoms with Crippen molar-refractivity contribution in [2.24, 2.45) is 0 Å². The molecular weight excluding hydrogens is 496 g/mol. The van der Waals surface area contributed by atoms with Gasteiger partial charge in [0.2, 0.25) is 0 Å². The van der Waals surface area contributed by atoms with E-state index in [1.807, 2.05) is 0 Å². The lowest BCUT2D eigenvalue weighted by molar-refractivity contribution is 0.616. The van der Waals surface area contributed by atoms with Crippen LogP contribution >= 0.6 is 0 Å². The minimum absolute atomic E-state index is 0.00420. The predicted molar refractivity (Wildman–Crippen MR) is 174 cm³/mol. The average Bonchev–Trinajstić information content (AvgIpc) is 3.47. The van der Waals surface area contributed by atoms with E-state index in [4.69, 9.17) is 4.42 Å². The second-order valence-electron chi connectivity index (χ2n) is 12.4. The van der Waals surface area contributed by atoms with Crippen molar-refractivity contribution in [3.63, 3.8) is 0 Å². The van der Waals surface area contributed by atoms with Gasteiger partial charge in [0.05, 0.1) is 0 Å². The molecule has 6 aromatic rings. The van der Waals surface area contributed by atoms with E-state index >= 15 is 0 Å². The van der Waals surface area contributed by atoms with Gasteiger partial charge in [-0.2, -0.15) is 0 Å². The predicted octanol–water partition coefficient (Wildman–Crippen LogP) is 11.2. The molecule has 1 heterocycles. The van der Waals surface area contributed by atoms with E-state index in [2.05, 4.69) is 137 Å². The van der Waals surface area contributed by atoms with Gasteiger partial charge >= 0.3 is 0 Å². The van der Waals surface area contributed by atoms with E-state index in [-0.39, 0.29) is 5.41 Å². The van der Waals surface area contributed by atoms with Crippen LogP contribution in [0.3, 0.4) is 0 Å². The number of hydrogen-bond donors (Lipinski definition) is 0. The second kappa shape index (κ2) is 9.93. The molecule has 1 unspecified atom stereocenters. The van der Waals surface area contributed by atoms with Gasteiger partial charge in [-0.05, 0) is 89.2 Å². The van der Waals surface area contributed by atoms with Gasteiger partial charge in [0.25, 0.3) is 0 Å². The topological polar surface area (TPSA) is 13.1 Å². The van der Waals surface area contributed by atoms with Crippen LogP contribution in [0.15, 0.2) is 126 Å². The van der Waals surface area contributed by atoms with Crippen molar-refractivity contribution < 1.29 is 4.42 Å². The highest BCUT2D eigenvalue weighted by atomic mass is 16.3. The Hall–Kier alpha value is -4.36. The normalized spacial score (nSPS) is 14.2. The number of para-hydroxylation sites is 1. The maximum atomic E-state index is 6.48. The van der Waals surface area contributed by atoms with Gasteiger partial charge in [-0.25, -0.2) is 0 Å². The van der Waals surface area contributed by atoms with Crippen LogP contribution in [-0.4, -0.2) is 0 Å². The molecule has 0 amide bonds. The van der Waals surface area contributed by atoms with Crippen molar-refractivity contribution in [3.05, 3.63) is 144 Å². The summed E-state index contributed by atoms with van der Waals surface area (Å²) in [5.41, 5.74) is 13.9. The highest BCUT2D eigenvalue weighted by Crippen LogP contribution is 2.49. The molecule has 0 fully saturated rings. The van der Waals surface area contributed by atoms with Crippen LogP contribution in [-0.2, 0) is 11.8 Å². The van der Waals surface area contributed by atoms with Gasteiger partial charge in [0, 0.05) is 21.8 Å².